The molecule has 0 heterocycles. The Morgan fingerprint density at radius 1 is 1.25 bits per heavy atom. The number of hydrogen-bond acceptors (Lipinski definition) is 2. The highest BCUT2D eigenvalue weighted by Crippen LogP contribution is 2.50. The quantitative estimate of drug-likeness (QED) is 0.569. The maximum absolute atomic E-state index is 5.76. The van der Waals surface area contributed by atoms with E-state index in [1.165, 1.54) is 38.5 Å². The van der Waals surface area contributed by atoms with Gasteiger partial charge in [0.1, 0.15) is 0 Å². The molecule has 2 nitrogen and oxygen atoms in total. The van der Waals surface area contributed by atoms with Crippen molar-refractivity contribution in [3.63, 3.8) is 0 Å². The summed E-state index contributed by atoms with van der Waals surface area (Å²) in [7, 11) is 0. The summed E-state index contributed by atoms with van der Waals surface area (Å²) < 4.78 is 0. The lowest BCUT2D eigenvalue weighted by Gasteiger charge is -2.32. The molecule has 4 unspecified atom stereocenters. The van der Waals surface area contributed by atoms with Crippen LogP contribution in [0.1, 0.15) is 59.3 Å². The second-order valence-electron chi connectivity index (χ2n) is 7.21. The molecule has 2 bridgehead atoms. The number of nitrogens with two attached hydrogens (primary N) is 1. The van der Waals surface area contributed by atoms with Gasteiger partial charge >= 0.3 is 0 Å². The van der Waals surface area contributed by atoms with Gasteiger partial charge in [-0.3, -0.25) is 11.3 Å². The highest BCUT2D eigenvalue weighted by Gasteiger charge is 2.42. The van der Waals surface area contributed by atoms with Gasteiger partial charge < -0.3 is 0 Å². The van der Waals surface area contributed by atoms with Gasteiger partial charge in [-0.15, -0.1) is 0 Å². The lowest BCUT2D eigenvalue weighted by molar-refractivity contribution is 0.217. The first-order valence-electron chi connectivity index (χ1n) is 6.96. The van der Waals surface area contributed by atoms with Crippen LogP contribution >= 0.6 is 0 Å². The molecule has 0 aromatic rings. The minimum atomic E-state index is 0.437. The molecule has 0 aromatic carbocycles. The third-order valence-electron chi connectivity index (χ3n) is 4.73. The Labute approximate surface area is 100 Å². The summed E-state index contributed by atoms with van der Waals surface area (Å²) in [5, 5.41) is 0. The van der Waals surface area contributed by atoms with E-state index in [1.54, 1.807) is 0 Å². The summed E-state index contributed by atoms with van der Waals surface area (Å²) in [6.07, 6.45) is 8.38. The summed E-state index contributed by atoms with van der Waals surface area (Å²) in [6, 6.07) is 0.564. The van der Waals surface area contributed by atoms with E-state index in [9.17, 15) is 0 Å². The maximum Gasteiger partial charge on any atom is 0.0241 e. The average molecular weight is 224 g/mol. The normalized spacial score (nSPS) is 35.6. The van der Waals surface area contributed by atoms with Crippen LogP contribution in [0, 0.1) is 23.2 Å². The molecular weight excluding hydrogens is 196 g/mol. The largest absolute Gasteiger partial charge is 0.271 e. The van der Waals surface area contributed by atoms with Crippen LogP contribution in [0.3, 0.4) is 0 Å². The maximum atomic E-state index is 5.76. The standard InChI is InChI=1S/C14H28N2/c1-14(2,3)7-6-13(16-15)12-9-10-4-5-11(12)8-10/h10-13,16H,4-9,15H2,1-3H3. The van der Waals surface area contributed by atoms with Gasteiger partial charge in [-0.2, -0.15) is 0 Å². The monoisotopic (exact) mass is 224 g/mol. The van der Waals surface area contributed by atoms with E-state index in [2.05, 4.69) is 26.2 Å². The fourth-order valence-electron chi connectivity index (χ4n) is 3.80. The Hall–Kier alpha value is -0.0800. The summed E-state index contributed by atoms with van der Waals surface area (Å²) >= 11 is 0. The fourth-order valence-corrected chi connectivity index (χ4v) is 3.80. The molecule has 0 radical (unpaired) electrons. The van der Waals surface area contributed by atoms with Crippen molar-refractivity contribution in [1.82, 2.24) is 5.43 Å². The molecule has 4 atom stereocenters. The third-order valence-corrected chi connectivity index (χ3v) is 4.73. The van der Waals surface area contributed by atoms with Crippen molar-refractivity contribution >= 4 is 0 Å². The lowest BCUT2D eigenvalue weighted by atomic mass is 9.79. The Kier molecular flexibility index (Phi) is 3.60. The van der Waals surface area contributed by atoms with Gasteiger partial charge in [0.05, 0.1) is 0 Å². The van der Waals surface area contributed by atoms with Crippen molar-refractivity contribution in [3.05, 3.63) is 0 Å². The van der Waals surface area contributed by atoms with Crippen LogP contribution < -0.4 is 11.3 Å². The molecule has 0 aliphatic heterocycles. The Morgan fingerprint density at radius 3 is 2.44 bits per heavy atom. The molecule has 0 spiro atoms. The zero-order chi connectivity index (χ0) is 11.8. The van der Waals surface area contributed by atoms with E-state index in [1.807, 2.05) is 0 Å². The van der Waals surface area contributed by atoms with Crippen molar-refractivity contribution in [3.8, 4) is 0 Å². The summed E-state index contributed by atoms with van der Waals surface area (Å²) in [6.45, 7) is 6.96. The first-order valence-corrected chi connectivity index (χ1v) is 6.96. The van der Waals surface area contributed by atoms with Crippen molar-refractivity contribution < 1.29 is 0 Å². The second kappa shape index (κ2) is 4.66. The van der Waals surface area contributed by atoms with Crippen LogP contribution in [0.25, 0.3) is 0 Å². The second-order valence-corrected chi connectivity index (χ2v) is 7.21. The van der Waals surface area contributed by atoms with Crippen molar-refractivity contribution in [2.45, 2.75) is 65.3 Å². The highest BCUT2D eigenvalue weighted by molar-refractivity contribution is 4.95. The van der Waals surface area contributed by atoms with Gasteiger partial charge in [0.15, 0.2) is 0 Å². The van der Waals surface area contributed by atoms with E-state index in [-0.39, 0.29) is 0 Å². The number of fused-ring (bicyclic) bond motifs is 2. The van der Waals surface area contributed by atoms with Gasteiger partial charge in [-0.05, 0) is 55.3 Å². The van der Waals surface area contributed by atoms with Crippen LogP contribution in [-0.4, -0.2) is 6.04 Å². The van der Waals surface area contributed by atoms with Gasteiger partial charge in [0.25, 0.3) is 0 Å². The molecule has 16 heavy (non-hydrogen) atoms. The molecular formula is C14H28N2. The first kappa shape index (κ1) is 12.4. The van der Waals surface area contributed by atoms with Crippen LogP contribution in [0.15, 0.2) is 0 Å². The molecule has 0 amide bonds. The SMILES string of the molecule is CC(C)(C)CCC(NN)C1CC2CCC1C2. The lowest BCUT2D eigenvalue weighted by Crippen LogP contribution is -2.43. The predicted molar refractivity (Wildman–Crippen MR) is 68.7 cm³/mol. The number of hydrogen-bond donors (Lipinski definition) is 2. The van der Waals surface area contributed by atoms with Crippen LogP contribution in [0.2, 0.25) is 0 Å². The molecule has 94 valence electrons. The van der Waals surface area contributed by atoms with Crippen molar-refractivity contribution in [2.24, 2.45) is 29.0 Å². The van der Waals surface area contributed by atoms with Crippen LogP contribution in [0.5, 0.6) is 0 Å². The summed E-state index contributed by atoms with van der Waals surface area (Å²) in [5.41, 5.74) is 3.54. The molecule has 2 aliphatic carbocycles. The molecule has 2 fully saturated rings. The third kappa shape index (κ3) is 2.78. The topological polar surface area (TPSA) is 38.0 Å². The first-order chi connectivity index (χ1) is 7.49. The minimum Gasteiger partial charge on any atom is -0.271 e. The van der Waals surface area contributed by atoms with Gasteiger partial charge in [0.2, 0.25) is 0 Å². The Morgan fingerprint density at radius 2 is 2.00 bits per heavy atom. The minimum absolute atomic E-state index is 0.437. The van der Waals surface area contributed by atoms with E-state index in [0.717, 1.165) is 17.8 Å². The summed E-state index contributed by atoms with van der Waals surface area (Å²) in [4.78, 5) is 0. The van der Waals surface area contributed by atoms with Crippen LogP contribution in [0.4, 0.5) is 0 Å². The molecule has 0 saturated heterocycles. The predicted octanol–water partition coefficient (Wildman–Crippen LogP) is 3.08. The molecule has 0 aromatic heterocycles. The number of hydrazine groups is 1. The van der Waals surface area contributed by atoms with Crippen LogP contribution in [-0.2, 0) is 0 Å². The number of nitrogens with one attached hydrogen (secondary N) is 1. The van der Waals surface area contributed by atoms with Crippen molar-refractivity contribution in [1.29, 1.82) is 0 Å². The molecule has 2 rings (SSSR count). The molecule has 3 N–H and O–H groups in total. The average Bonchev–Trinajstić information content (AvgIpc) is 2.78. The smallest absolute Gasteiger partial charge is 0.0241 e. The Balaban J connectivity index is 1.86. The van der Waals surface area contributed by atoms with Gasteiger partial charge in [0, 0.05) is 6.04 Å². The van der Waals surface area contributed by atoms with E-state index < -0.39 is 0 Å². The zero-order valence-electron chi connectivity index (χ0n) is 11.1. The zero-order valence-corrected chi connectivity index (χ0v) is 11.1. The molecule has 2 aliphatic rings. The highest BCUT2D eigenvalue weighted by atomic mass is 15.2. The number of rotatable bonds is 4. The summed E-state index contributed by atoms with van der Waals surface area (Å²) in [5.74, 6) is 8.64. The van der Waals surface area contributed by atoms with Crippen molar-refractivity contribution in [2.75, 3.05) is 0 Å². The van der Waals surface area contributed by atoms with E-state index in [4.69, 9.17) is 5.84 Å². The fraction of sp³-hybridized carbons (Fsp3) is 1.00. The van der Waals surface area contributed by atoms with E-state index >= 15 is 0 Å². The van der Waals surface area contributed by atoms with Gasteiger partial charge in [-0.1, -0.05) is 27.2 Å². The Bertz CT molecular complexity index is 231. The molecule has 2 saturated carbocycles. The molecule has 2 heteroatoms. The van der Waals surface area contributed by atoms with Gasteiger partial charge in [-0.25, -0.2) is 0 Å². The van der Waals surface area contributed by atoms with E-state index in [0.29, 0.717) is 11.5 Å².